The van der Waals surface area contributed by atoms with Crippen LogP contribution >= 0.6 is 0 Å². The number of hydrogen-bond acceptors (Lipinski definition) is 4. The van der Waals surface area contributed by atoms with Gasteiger partial charge < -0.3 is 9.47 Å². The molecule has 0 unspecified atom stereocenters. The lowest BCUT2D eigenvalue weighted by molar-refractivity contribution is 0.0625. The average molecular weight is 380 g/mol. The summed E-state index contributed by atoms with van der Waals surface area (Å²) in [7, 11) is 0. The fourth-order valence-electron chi connectivity index (χ4n) is 3.96. The van der Waals surface area contributed by atoms with Gasteiger partial charge in [0, 0.05) is 63.8 Å². The zero-order valence-corrected chi connectivity index (χ0v) is 16.9. The summed E-state index contributed by atoms with van der Waals surface area (Å²) in [6.45, 7) is 11.5. The fraction of sp³-hybridized carbons (Fsp3) is 0.476. The number of fused-ring (bicyclic) bond motifs is 1. The Bertz CT molecular complexity index is 964. The molecule has 0 atom stereocenters. The molecular formula is C21H28N6O. The molecule has 0 N–H and O–H groups in total. The monoisotopic (exact) mass is 380 g/mol. The number of piperazine rings is 1. The number of imidazole rings is 2. The van der Waals surface area contributed by atoms with E-state index in [0.717, 1.165) is 56.4 Å². The molecular weight excluding hydrogens is 352 g/mol. The number of pyridine rings is 1. The number of hydrogen-bond donors (Lipinski definition) is 0. The molecule has 4 rings (SSSR count). The van der Waals surface area contributed by atoms with Crippen LogP contribution in [0, 0.1) is 6.92 Å². The number of aromatic nitrogens is 4. The standard InChI is InChI=1S/C21H28N6O/c1-16(2)20-22-7-9-25(20)13-10-24-11-14-26(15-12-24)21(28)19-17(3)23-18-6-4-5-8-27(18)19/h4-9,16H,10-15H2,1-3H3. The first-order valence-electron chi connectivity index (χ1n) is 10.0. The minimum Gasteiger partial charge on any atom is -0.335 e. The van der Waals surface area contributed by atoms with Gasteiger partial charge in [-0.25, -0.2) is 9.97 Å². The normalized spacial score (nSPS) is 15.6. The first kappa shape index (κ1) is 18.7. The third-order valence-electron chi connectivity index (χ3n) is 5.49. The van der Waals surface area contributed by atoms with E-state index >= 15 is 0 Å². The van der Waals surface area contributed by atoms with E-state index in [4.69, 9.17) is 0 Å². The second-order valence-electron chi connectivity index (χ2n) is 7.74. The van der Waals surface area contributed by atoms with E-state index in [1.54, 1.807) is 0 Å². The van der Waals surface area contributed by atoms with Crippen LogP contribution in [0.15, 0.2) is 36.8 Å². The Morgan fingerprint density at radius 3 is 2.64 bits per heavy atom. The third kappa shape index (κ3) is 3.54. The van der Waals surface area contributed by atoms with Gasteiger partial charge in [-0.05, 0) is 19.1 Å². The quantitative estimate of drug-likeness (QED) is 0.682. The van der Waals surface area contributed by atoms with E-state index < -0.39 is 0 Å². The minimum atomic E-state index is 0.0764. The summed E-state index contributed by atoms with van der Waals surface area (Å²) in [5.74, 6) is 1.64. The van der Waals surface area contributed by atoms with Gasteiger partial charge in [0.15, 0.2) is 0 Å². The summed E-state index contributed by atoms with van der Waals surface area (Å²) in [5, 5.41) is 0. The molecule has 28 heavy (non-hydrogen) atoms. The van der Waals surface area contributed by atoms with Crippen LogP contribution in [0.2, 0.25) is 0 Å². The Morgan fingerprint density at radius 2 is 1.89 bits per heavy atom. The molecule has 3 aromatic rings. The van der Waals surface area contributed by atoms with Crippen molar-refractivity contribution < 1.29 is 4.79 Å². The van der Waals surface area contributed by atoms with E-state index in [-0.39, 0.29) is 5.91 Å². The van der Waals surface area contributed by atoms with Crippen molar-refractivity contribution in [2.24, 2.45) is 0 Å². The fourth-order valence-corrected chi connectivity index (χ4v) is 3.96. The predicted molar refractivity (Wildman–Crippen MR) is 109 cm³/mol. The highest BCUT2D eigenvalue weighted by molar-refractivity contribution is 5.94. The molecule has 1 aliphatic heterocycles. The Kier molecular flexibility index (Phi) is 5.17. The maximum Gasteiger partial charge on any atom is 0.272 e. The summed E-state index contributed by atoms with van der Waals surface area (Å²) in [6.07, 6.45) is 5.85. The van der Waals surface area contributed by atoms with Gasteiger partial charge in [-0.15, -0.1) is 0 Å². The van der Waals surface area contributed by atoms with Crippen LogP contribution in [0.5, 0.6) is 0 Å². The van der Waals surface area contributed by atoms with Crippen molar-refractivity contribution in [3.05, 3.63) is 54.0 Å². The lowest BCUT2D eigenvalue weighted by Gasteiger charge is -2.34. The number of carbonyl (C=O) groups excluding carboxylic acids is 1. The highest BCUT2D eigenvalue weighted by atomic mass is 16.2. The Labute approximate surface area is 165 Å². The Hall–Kier alpha value is -2.67. The molecule has 3 aromatic heterocycles. The molecule has 1 amide bonds. The van der Waals surface area contributed by atoms with Crippen molar-refractivity contribution in [3.8, 4) is 0 Å². The Morgan fingerprint density at radius 1 is 1.11 bits per heavy atom. The molecule has 0 aliphatic carbocycles. The van der Waals surface area contributed by atoms with Crippen molar-refractivity contribution >= 4 is 11.6 Å². The van der Waals surface area contributed by atoms with Crippen molar-refractivity contribution in [2.75, 3.05) is 32.7 Å². The van der Waals surface area contributed by atoms with Gasteiger partial charge in [-0.3, -0.25) is 14.1 Å². The molecule has 0 radical (unpaired) electrons. The maximum atomic E-state index is 13.1. The summed E-state index contributed by atoms with van der Waals surface area (Å²) in [5.41, 5.74) is 2.30. The zero-order valence-electron chi connectivity index (χ0n) is 16.9. The lowest BCUT2D eigenvalue weighted by atomic mass is 10.2. The van der Waals surface area contributed by atoms with Gasteiger partial charge in [0.25, 0.3) is 5.91 Å². The van der Waals surface area contributed by atoms with Gasteiger partial charge in [0.1, 0.15) is 17.2 Å². The average Bonchev–Trinajstić information content (AvgIpc) is 3.29. The third-order valence-corrected chi connectivity index (χ3v) is 5.49. The van der Waals surface area contributed by atoms with E-state index in [1.165, 1.54) is 0 Å². The first-order chi connectivity index (χ1) is 13.5. The van der Waals surface area contributed by atoms with Gasteiger partial charge in [-0.1, -0.05) is 19.9 Å². The molecule has 1 saturated heterocycles. The minimum absolute atomic E-state index is 0.0764. The highest BCUT2D eigenvalue weighted by Gasteiger charge is 2.26. The summed E-state index contributed by atoms with van der Waals surface area (Å²) in [6, 6.07) is 5.81. The number of aryl methyl sites for hydroxylation is 1. The number of amides is 1. The van der Waals surface area contributed by atoms with Crippen molar-refractivity contribution in [1.29, 1.82) is 0 Å². The Balaban J connectivity index is 1.37. The highest BCUT2D eigenvalue weighted by Crippen LogP contribution is 2.16. The number of nitrogens with zero attached hydrogens (tertiary/aromatic N) is 6. The molecule has 4 heterocycles. The maximum absolute atomic E-state index is 13.1. The van der Waals surface area contributed by atoms with Crippen LogP contribution in [0.3, 0.4) is 0 Å². The zero-order chi connectivity index (χ0) is 19.7. The van der Waals surface area contributed by atoms with Crippen molar-refractivity contribution in [3.63, 3.8) is 0 Å². The van der Waals surface area contributed by atoms with Crippen LogP contribution < -0.4 is 0 Å². The van der Waals surface area contributed by atoms with Crippen LogP contribution in [0.1, 0.15) is 41.8 Å². The molecule has 7 heteroatoms. The smallest absolute Gasteiger partial charge is 0.272 e. The van der Waals surface area contributed by atoms with Crippen LogP contribution in [0.25, 0.3) is 5.65 Å². The van der Waals surface area contributed by atoms with Crippen LogP contribution in [0.4, 0.5) is 0 Å². The largest absolute Gasteiger partial charge is 0.335 e. The van der Waals surface area contributed by atoms with E-state index in [0.29, 0.717) is 11.6 Å². The number of rotatable bonds is 5. The summed E-state index contributed by atoms with van der Waals surface area (Å²) in [4.78, 5) is 26.5. The molecule has 0 spiro atoms. The molecule has 0 bridgehead atoms. The van der Waals surface area contributed by atoms with E-state index in [1.807, 2.05) is 46.8 Å². The van der Waals surface area contributed by atoms with Crippen molar-refractivity contribution in [2.45, 2.75) is 33.2 Å². The first-order valence-corrected chi connectivity index (χ1v) is 10.0. The molecule has 1 fully saturated rings. The molecule has 1 aliphatic rings. The summed E-state index contributed by atoms with van der Waals surface area (Å²) < 4.78 is 4.14. The van der Waals surface area contributed by atoms with Gasteiger partial charge in [0.05, 0.1) is 5.69 Å². The molecule has 0 saturated carbocycles. The van der Waals surface area contributed by atoms with Crippen LogP contribution in [-0.2, 0) is 6.54 Å². The second-order valence-corrected chi connectivity index (χ2v) is 7.74. The van der Waals surface area contributed by atoms with Gasteiger partial charge in [-0.2, -0.15) is 0 Å². The lowest BCUT2D eigenvalue weighted by Crippen LogP contribution is -2.49. The second kappa shape index (κ2) is 7.75. The summed E-state index contributed by atoms with van der Waals surface area (Å²) >= 11 is 0. The molecule has 0 aromatic carbocycles. The topological polar surface area (TPSA) is 58.7 Å². The molecule has 148 valence electrons. The number of carbonyl (C=O) groups is 1. The van der Waals surface area contributed by atoms with E-state index in [9.17, 15) is 4.79 Å². The van der Waals surface area contributed by atoms with Crippen LogP contribution in [-0.4, -0.2) is 67.4 Å². The SMILES string of the molecule is Cc1nc2ccccn2c1C(=O)N1CCN(CCn2ccnc2C(C)C)CC1. The van der Waals surface area contributed by atoms with E-state index in [2.05, 4.69) is 39.5 Å². The predicted octanol–water partition coefficient (Wildman–Crippen LogP) is 2.42. The van der Waals surface area contributed by atoms with Gasteiger partial charge in [0.2, 0.25) is 0 Å². The van der Waals surface area contributed by atoms with Gasteiger partial charge >= 0.3 is 0 Å². The van der Waals surface area contributed by atoms with Crippen molar-refractivity contribution in [1.82, 2.24) is 28.7 Å². The molecule has 7 nitrogen and oxygen atoms in total.